The fraction of sp³-hybridized carbons (Fsp3) is 0.0769. The van der Waals surface area contributed by atoms with Gasteiger partial charge < -0.3 is 14.6 Å². The number of ketones is 1. The Morgan fingerprint density at radius 3 is 2.41 bits per heavy atom. The number of fused-ring (bicyclic) bond motifs is 1. The number of hydrogen-bond donors (Lipinski definition) is 2. The molecule has 158 valence electrons. The largest absolute Gasteiger partial charge is 0.506 e. The maximum atomic E-state index is 13.5. The summed E-state index contributed by atoms with van der Waals surface area (Å²) < 4.78 is 5.72. The summed E-state index contributed by atoms with van der Waals surface area (Å²) in [4.78, 5) is 28.0. The summed E-state index contributed by atoms with van der Waals surface area (Å²) in [7, 11) is 0. The van der Waals surface area contributed by atoms with Gasteiger partial charge in [0.15, 0.2) is 11.5 Å². The van der Waals surface area contributed by atoms with Crippen LogP contribution in [0.4, 0.5) is 5.69 Å². The zero-order valence-electron chi connectivity index (χ0n) is 17.1. The van der Waals surface area contributed by atoms with Crippen LogP contribution in [-0.4, -0.2) is 21.9 Å². The molecule has 1 aliphatic heterocycles. The molecular formula is C26H19NO5. The zero-order valence-corrected chi connectivity index (χ0v) is 17.1. The third kappa shape index (κ3) is 3.04. The molecule has 4 aromatic rings. The molecule has 1 unspecified atom stereocenters. The minimum absolute atomic E-state index is 0.0248. The van der Waals surface area contributed by atoms with Crippen molar-refractivity contribution in [3.05, 3.63) is 107 Å². The van der Waals surface area contributed by atoms with Crippen molar-refractivity contribution < 1.29 is 24.2 Å². The lowest BCUT2D eigenvalue weighted by molar-refractivity contribution is -0.117. The number of carbonyl (C=O) groups is 2. The molecule has 3 aromatic carbocycles. The molecule has 1 amide bonds. The van der Waals surface area contributed by atoms with Crippen LogP contribution in [0, 0.1) is 6.92 Å². The van der Waals surface area contributed by atoms with E-state index >= 15 is 0 Å². The van der Waals surface area contributed by atoms with Crippen molar-refractivity contribution in [1.82, 2.24) is 0 Å². The third-order valence-corrected chi connectivity index (χ3v) is 5.61. The van der Waals surface area contributed by atoms with E-state index in [4.69, 9.17) is 4.42 Å². The Morgan fingerprint density at radius 1 is 0.938 bits per heavy atom. The highest BCUT2D eigenvalue weighted by Crippen LogP contribution is 2.45. The molecule has 32 heavy (non-hydrogen) atoms. The number of benzene rings is 3. The number of Topliss-reactive ketones (excluding diaryl/α,β-unsaturated/α-hetero) is 1. The van der Waals surface area contributed by atoms with E-state index < -0.39 is 23.5 Å². The SMILES string of the molecule is Cc1ccc(O)c(N2C(=O)C(O)=C(C(=O)c3cc4ccccc4o3)C2c2ccccc2)c1. The number of anilines is 1. The molecule has 0 fully saturated rings. The molecular weight excluding hydrogens is 406 g/mol. The molecule has 6 heteroatoms. The highest BCUT2D eigenvalue weighted by Gasteiger charge is 2.46. The monoisotopic (exact) mass is 425 g/mol. The summed E-state index contributed by atoms with van der Waals surface area (Å²) in [5, 5.41) is 22.1. The smallest absolute Gasteiger partial charge is 0.294 e. The van der Waals surface area contributed by atoms with Crippen molar-refractivity contribution in [2.75, 3.05) is 4.90 Å². The maximum absolute atomic E-state index is 13.5. The number of aromatic hydroxyl groups is 1. The van der Waals surface area contributed by atoms with Crippen LogP contribution in [0.5, 0.6) is 5.75 Å². The Balaban J connectivity index is 1.69. The van der Waals surface area contributed by atoms with E-state index in [-0.39, 0.29) is 22.8 Å². The Hall–Kier alpha value is -4.32. The van der Waals surface area contributed by atoms with Gasteiger partial charge in [-0.3, -0.25) is 14.5 Å². The summed E-state index contributed by atoms with van der Waals surface area (Å²) in [6.07, 6.45) is 0. The molecule has 0 aliphatic carbocycles. The van der Waals surface area contributed by atoms with Gasteiger partial charge >= 0.3 is 0 Å². The van der Waals surface area contributed by atoms with Gasteiger partial charge in [-0.15, -0.1) is 0 Å². The predicted octanol–water partition coefficient (Wildman–Crippen LogP) is 5.23. The number of amides is 1. The Morgan fingerprint density at radius 2 is 1.66 bits per heavy atom. The molecule has 0 bridgehead atoms. The van der Waals surface area contributed by atoms with E-state index in [2.05, 4.69) is 0 Å². The van der Waals surface area contributed by atoms with Crippen LogP contribution in [0.2, 0.25) is 0 Å². The first-order valence-electron chi connectivity index (χ1n) is 10.1. The van der Waals surface area contributed by atoms with Crippen LogP contribution in [0.25, 0.3) is 11.0 Å². The zero-order chi connectivity index (χ0) is 22.4. The molecule has 6 nitrogen and oxygen atoms in total. The van der Waals surface area contributed by atoms with Crippen LogP contribution < -0.4 is 4.90 Å². The van der Waals surface area contributed by atoms with Crippen molar-refractivity contribution in [1.29, 1.82) is 0 Å². The van der Waals surface area contributed by atoms with E-state index in [9.17, 15) is 19.8 Å². The van der Waals surface area contributed by atoms with Gasteiger partial charge in [0.2, 0.25) is 5.78 Å². The lowest BCUT2D eigenvalue weighted by atomic mass is 9.94. The molecule has 5 rings (SSSR count). The topological polar surface area (TPSA) is 91.0 Å². The highest BCUT2D eigenvalue weighted by atomic mass is 16.3. The Bertz CT molecular complexity index is 1370. The first-order chi connectivity index (χ1) is 15.5. The molecule has 0 radical (unpaired) electrons. The van der Waals surface area contributed by atoms with Crippen molar-refractivity contribution in [3.8, 4) is 5.75 Å². The molecule has 0 spiro atoms. The van der Waals surface area contributed by atoms with E-state index in [1.54, 1.807) is 54.6 Å². The molecule has 1 aromatic heterocycles. The summed E-state index contributed by atoms with van der Waals surface area (Å²) >= 11 is 0. The average Bonchev–Trinajstić information content (AvgIpc) is 3.35. The molecule has 1 atom stereocenters. The van der Waals surface area contributed by atoms with Gasteiger partial charge in [0.1, 0.15) is 11.3 Å². The van der Waals surface area contributed by atoms with Crippen LogP contribution in [-0.2, 0) is 4.79 Å². The van der Waals surface area contributed by atoms with Gasteiger partial charge in [0.25, 0.3) is 5.91 Å². The number of hydrogen-bond acceptors (Lipinski definition) is 5. The van der Waals surface area contributed by atoms with Crippen molar-refractivity contribution in [3.63, 3.8) is 0 Å². The van der Waals surface area contributed by atoms with Gasteiger partial charge in [-0.2, -0.15) is 0 Å². The first kappa shape index (κ1) is 19.6. The number of rotatable bonds is 4. The molecule has 0 saturated carbocycles. The van der Waals surface area contributed by atoms with Crippen LogP contribution in [0.15, 0.2) is 94.6 Å². The predicted molar refractivity (Wildman–Crippen MR) is 120 cm³/mol. The van der Waals surface area contributed by atoms with E-state index in [1.807, 2.05) is 25.1 Å². The van der Waals surface area contributed by atoms with E-state index in [0.717, 1.165) is 10.9 Å². The quantitative estimate of drug-likeness (QED) is 0.437. The van der Waals surface area contributed by atoms with Gasteiger partial charge in [-0.1, -0.05) is 54.6 Å². The minimum atomic E-state index is -0.933. The number of phenols is 1. The Kier molecular flexibility index (Phi) is 4.56. The average molecular weight is 425 g/mol. The molecule has 2 N–H and O–H groups in total. The maximum Gasteiger partial charge on any atom is 0.294 e. The summed E-state index contributed by atoms with van der Waals surface area (Å²) in [6.45, 7) is 1.83. The molecule has 2 heterocycles. The van der Waals surface area contributed by atoms with Crippen molar-refractivity contribution >= 4 is 28.3 Å². The highest BCUT2D eigenvalue weighted by molar-refractivity contribution is 6.21. The number of carbonyl (C=O) groups excluding carboxylic acids is 2. The fourth-order valence-electron chi connectivity index (χ4n) is 4.09. The van der Waals surface area contributed by atoms with Crippen LogP contribution in [0.1, 0.15) is 27.7 Å². The van der Waals surface area contributed by atoms with Crippen LogP contribution in [0.3, 0.4) is 0 Å². The first-order valence-corrected chi connectivity index (χ1v) is 10.1. The van der Waals surface area contributed by atoms with Gasteiger partial charge in [-0.05, 0) is 42.3 Å². The van der Waals surface area contributed by atoms with Gasteiger partial charge in [-0.25, -0.2) is 0 Å². The lowest BCUT2D eigenvalue weighted by Crippen LogP contribution is -2.31. The molecule has 1 aliphatic rings. The number of furan rings is 1. The number of aliphatic hydroxyl groups is 1. The lowest BCUT2D eigenvalue weighted by Gasteiger charge is -2.27. The van der Waals surface area contributed by atoms with Crippen molar-refractivity contribution in [2.24, 2.45) is 0 Å². The number of phenolic OH excluding ortho intramolecular Hbond substituents is 1. The molecule has 0 saturated heterocycles. The third-order valence-electron chi connectivity index (χ3n) is 5.61. The second-order valence-corrected chi connectivity index (χ2v) is 7.72. The number of aryl methyl sites for hydroxylation is 1. The second-order valence-electron chi connectivity index (χ2n) is 7.72. The Labute approximate surface area is 183 Å². The van der Waals surface area contributed by atoms with Crippen LogP contribution >= 0.6 is 0 Å². The van der Waals surface area contributed by atoms with Crippen molar-refractivity contribution in [2.45, 2.75) is 13.0 Å². The minimum Gasteiger partial charge on any atom is -0.506 e. The van der Waals surface area contributed by atoms with E-state index in [1.165, 1.54) is 11.0 Å². The van der Waals surface area contributed by atoms with Gasteiger partial charge in [0.05, 0.1) is 17.3 Å². The van der Waals surface area contributed by atoms with Gasteiger partial charge in [0, 0.05) is 5.39 Å². The normalized spacial score (nSPS) is 16.2. The summed E-state index contributed by atoms with van der Waals surface area (Å²) in [6, 6.07) is 21.6. The fourth-order valence-corrected chi connectivity index (χ4v) is 4.09. The van der Waals surface area contributed by atoms with E-state index in [0.29, 0.717) is 11.1 Å². The standard InChI is InChI=1S/C26H19NO5/c1-15-11-12-19(28)18(13-15)27-23(16-7-3-2-4-8-16)22(25(30)26(27)31)24(29)21-14-17-9-5-6-10-20(17)32-21/h2-14,23,28,30H,1H3. The number of nitrogens with zero attached hydrogens (tertiary/aromatic N) is 1. The second kappa shape index (κ2) is 7.42. The number of para-hydroxylation sites is 1. The summed E-state index contributed by atoms with van der Waals surface area (Å²) in [5.74, 6) is -2.12. The number of aliphatic hydroxyl groups excluding tert-OH is 1. The summed E-state index contributed by atoms with van der Waals surface area (Å²) in [5.41, 5.74) is 2.08.